The van der Waals surface area contributed by atoms with Crippen molar-refractivity contribution >= 4 is 5.97 Å². The molecule has 0 unspecified atom stereocenters. The van der Waals surface area contributed by atoms with E-state index in [0.717, 1.165) is 43.9 Å². The van der Waals surface area contributed by atoms with E-state index in [9.17, 15) is 4.79 Å². The molecule has 0 radical (unpaired) electrons. The average molecular weight is 224 g/mol. The lowest BCUT2D eigenvalue weighted by Crippen LogP contribution is -2.35. The molecule has 0 aromatic carbocycles. The number of aryl methyl sites for hydroxylation is 1. The van der Waals surface area contributed by atoms with Gasteiger partial charge in [0.2, 0.25) is 0 Å². The van der Waals surface area contributed by atoms with Crippen LogP contribution in [0.1, 0.15) is 24.3 Å². The number of rotatable bonds is 3. The van der Waals surface area contributed by atoms with E-state index in [1.165, 1.54) is 0 Å². The van der Waals surface area contributed by atoms with E-state index in [1.54, 1.807) is 0 Å². The summed E-state index contributed by atoms with van der Waals surface area (Å²) < 4.78 is 4.99. The van der Waals surface area contributed by atoms with E-state index >= 15 is 0 Å². The zero-order chi connectivity index (χ0) is 11.5. The fraction of sp³-hybridized carbons (Fsp3) is 0.636. The zero-order valence-electron chi connectivity index (χ0n) is 9.35. The summed E-state index contributed by atoms with van der Waals surface area (Å²) in [5, 5.41) is 12.8. The Labute approximate surface area is 94.0 Å². The van der Waals surface area contributed by atoms with E-state index in [4.69, 9.17) is 9.63 Å². The van der Waals surface area contributed by atoms with Gasteiger partial charge < -0.3 is 9.63 Å². The average Bonchev–Trinajstić information content (AvgIpc) is 2.65. The van der Waals surface area contributed by atoms with Gasteiger partial charge in [0.05, 0.1) is 11.6 Å². The Morgan fingerprint density at radius 1 is 1.62 bits per heavy atom. The summed E-state index contributed by atoms with van der Waals surface area (Å²) in [5.41, 5.74) is 0.922. The quantitative estimate of drug-likeness (QED) is 0.837. The predicted octanol–water partition coefficient (Wildman–Crippen LogP) is 1.28. The number of hydrogen-bond donors (Lipinski definition) is 1. The van der Waals surface area contributed by atoms with Gasteiger partial charge >= 0.3 is 5.97 Å². The molecular weight excluding hydrogens is 208 g/mol. The first kappa shape index (κ1) is 11.1. The van der Waals surface area contributed by atoms with Gasteiger partial charge in [0.15, 0.2) is 0 Å². The third-order valence-corrected chi connectivity index (χ3v) is 3.00. The van der Waals surface area contributed by atoms with Gasteiger partial charge in [0, 0.05) is 12.6 Å². The van der Waals surface area contributed by atoms with Crippen molar-refractivity contribution in [1.82, 2.24) is 10.1 Å². The van der Waals surface area contributed by atoms with Crippen molar-refractivity contribution < 1.29 is 14.4 Å². The minimum atomic E-state index is -0.670. The van der Waals surface area contributed by atoms with Crippen LogP contribution in [-0.2, 0) is 11.3 Å². The van der Waals surface area contributed by atoms with Gasteiger partial charge in [0.25, 0.3) is 0 Å². The molecule has 16 heavy (non-hydrogen) atoms. The van der Waals surface area contributed by atoms with Crippen LogP contribution in [0.15, 0.2) is 10.6 Å². The molecule has 2 rings (SSSR count). The maximum Gasteiger partial charge on any atom is 0.306 e. The highest BCUT2D eigenvalue weighted by atomic mass is 16.5. The second-order valence-electron chi connectivity index (χ2n) is 4.32. The summed E-state index contributed by atoms with van der Waals surface area (Å²) in [6.45, 7) is 4.27. The molecule has 5 nitrogen and oxygen atoms in total. The molecule has 1 saturated heterocycles. The number of hydrogen-bond acceptors (Lipinski definition) is 4. The molecule has 0 amide bonds. The SMILES string of the molecule is Cc1cc(CN2CCC(C(=O)O)CC2)no1. The number of aliphatic carboxylic acids is 1. The minimum absolute atomic E-state index is 0.171. The highest BCUT2D eigenvalue weighted by molar-refractivity contribution is 5.70. The largest absolute Gasteiger partial charge is 0.481 e. The Morgan fingerprint density at radius 3 is 2.81 bits per heavy atom. The molecule has 0 aliphatic carbocycles. The van der Waals surface area contributed by atoms with Gasteiger partial charge in [-0.05, 0) is 32.9 Å². The molecule has 0 atom stereocenters. The number of carboxylic acid groups (broad SMARTS) is 1. The van der Waals surface area contributed by atoms with Crippen LogP contribution >= 0.6 is 0 Å². The molecule has 1 aromatic heterocycles. The molecule has 1 fully saturated rings. The maximum absolute atomic E-state index is 10.8. The van der Waals surface area contributed by atoms with Gasteiger partial charge in [0.1, 0.15) is 5.76 Å². The number of carboxylic acids is 1. The van der Waals surface area contributed by atoms with Crippen molar-refractivity contribution in [3.8, 4) is 0 Å². The summed E-state index contributed by atoms with van der Waals surface area (Å²) in [4.78, 5) is 13.0. The zero-order valence-corrected chi connectivity index (χ0v) is 9.35. The van der Waals surface area contributed by atoms with Gasteiger partial charge in [-0.25, -0.2) is 0 Å². The smallest absolute Gasteiger partial charge is 0.306 e. The van der Waals surface area contributed by atoms with Crippen LogP contribution in [0.3, 0.4) is 0 Å². The van der Waals surface area contributed by atoms with Crippen LogP contribution < -0.4 is 0 Å². The summed E-state index contributed by atoms with van der Waals surface area (Å²) in [6.07, 6.45) is 1.46. The summed E-state index contributed by atoms with van der Waals surface area (Å²) in [7, 11) is 0. The number of likely N-dealkylation sites (tertiary alicyclic amines) is 1. The fourth-order valence-electron chi connectivity index (χ4n) is 2.06. The van der Waals surface area contributed by atoms with E-state index in [0.29, 0.717) is 0 Å². The molecule has 1 N–H and O–H groups in total. The monoisotopic (exact) mass is 224 g/mol. The fourth-order valence-corrected chi connectivity index (χ4v) is 2.06. The number of piperidine rings is 1. The Hall–Kier alpha value is -1.36. The summed E-state index contributed by atoms with van der Waals surface area (Å²) in [5.74, 6) is -0.0253. The molecule has 2 heterocycles. The number of nitrogens with zero attached hydrogens (tertiary/aromatic N) is 2. The topological polar surface area (TPSA) is 66.6 Å². The Morgan fingerprint density at radius 2 is 2.31 bits per heavy atom. The molecule has 5 heteroatoms. The molecule has 0 spiro atoms. The maximum atomic E-state index is 10.8. The first-order chi connectivity index (χ1) is 7.65. The third kappa shape index (κ3) is 2.61. The van der Waals surface area contributed by atoms with Crippen molar-refractivity contribution in [3.63, 3.8) is 0 Å². The lowest BCUT2D eigenvalue weighted by Gasteiger charge is -2.29. The molecule has 1 aliphatic rings. The van der Waals surface area contributed by atoms with Crippen molar-refractivity contribution in [2.75, 3.05) is 13.1 Å². The lowest BCUT2D eigenvalue weighted by molar-refractivity contribution is -0.143. The molecule has 0 bridgehead atoms. The van der Waals surface area contributed by atoms with Crippen molar-refractivity contribution in [1.29, 1.82) is 0 Å². The molecule has 0 saturated carbocycles. The van der Waals surface area contributed by atoms with E-state index in [-0.39, 0.29) is 5.92 Å². The van der Waals surface area contributed by atoms with E-state index < -0.39 is 5.97 Å². The van der Waals surface area contributed by atoms with Crippen LogP contribution in [-0.4, -0.2) is 34.2 Å². The van der Waals surface area contributed by atoms with Crippen molar-refractivity contribution in [3.05, 3.63) is 17.5 Å². The number of aromatic nitrogens is 1. The second kappa shape index (κ2) is 4.65. The minimum Gasteiger partial charge on any atom is -0.481 e. The highest BCUT2D eigenvalue weighted by Gasteiger charge is 2.24. The van der Waals surface area contributed by atoms with Gasteiger partial charge in [-0.3, -0.25) is 9.69 Å². The van der Waals surface area contributed by atoms with Gasteiger partial charge in [-0.15, -0.1) is 0 Å². The lowest BCUT2D eigenvalue weighted by atomic mass is 9.97. The van der Waals surface area contributed by atoms with Crippen molar-refractivity contribution in [2.45, 2.75) is 26.3 Å². The molecule has 1 aliphatic heterocycles. The van der Waals surface area contributed by atoms with Crippen LogP contribution in [0.2, 0.25) is 0 Å². The Kier molecular flexibility index (Phi) is 3.24. The van der Waals surface area contributed by atoms with Gasteiger partial charge in [-0.1, -0.05) is 5.16 Å². The Balaban J connectivity index is 1.83. The first-order valence-corrected chi connectivity index (χ1v) is 5.52. The standard InChI is InChI=1S/C11H16N2O3/c1-8-6-10(12-16-8)7-13-4-2-9(3-5-13)11(14)15/h6,9H,2-5,7H2,1H3,(H,14,15). The summed E-state index contributed by atoms with van der Waals surface area (Å²) >= 11 is 0. The molecule has 1 aromatic rings. The predicted molar refractivity (Wildman–Crippen MR) is 56.9 cm³/mol. The van der Waals surface area contributed by atoms with E-state index in [1.807, 2.05) is 13.0 Å². The summed E-state index contributed by atoms with van der Waals surface area (Å²) in [6, 6.07) is 1.92. The van der Waals surface area contributed by atoms with Crippen LogP contribution in [0, 0.1) is 12.8 Å². The molecule has 88 valence electrons. The van der Waals surface area contributed by atoms with Crippen LogP contribution in [0.25, 0.3) is 0 Å². The van der Waals surface area contributed by atoms with Crippen molar-refractivity contribution in [2.24, 2.45) is 5.92 Å². The highest BCUT2D eigenvalue weighted by Crippen LogP contribution is 2.18. The second-order valence-corrected chi connectivity index (χ2v) is 4.32. The molecular formula is C11H16N2O3. The van der Waals surface area contributed by atoms with Gasteiger partial charge in [-0.2, -0.15) is 0 Å². The van der Waals surface area contributed by atoms with E-state index in [2.05, 4.69) is 10.1 Å². The third-order valence-electron chi connectivity index (χ3n) is 3.00. The van der Waals surface area contributed by atoms with Crippen LogP contribution in [0.5, 0.6) is 0 Å². The van der Waals surface area contributed by atoms with Crippen LogP contribution in [0.4, 0.5) is 0 Å². The Bertz CT molecular complexity index is 367. The number of carbonyl (C=O) groups is 1. The first-order valence-electron chi connectivity index (χ1n) is 5.52. The normalized spacial score (nSPS) is 18.8.